The predicted molar refractivity (Wildman–Crippen MR) is 62.7 cm³/mol. The van der Waals surface area contributed by atoms with Crippen molar-refractivity contribution in [3.8, 4) is 0 Å². The van der Waals surface area contributed by atoms with E-state index in [4.69, 9.17) is 0 Å². The Morgan fingerprint density at radius 2 is 1.06 bits per heavy atom. The lowest BCUT2D eigenvalue weighted by molar-refractivity contribution is -0.201. The summed E-state index contributed by atoms with van der Waals surface area (Å²) in [6, 6.07) is 0. The van der Waals surface area contributed by atoms with E-state index in [9.17, 15) is 17.6 Å². The summed E-state index contributed by atoms with van der Waals surface area (Å²) < 4.78 is 50.7. The molecule has 0 spiro atoms. The SMILES string of the molecule is CC(C)(C)CCCCCCC(F)(F)C(C)(F)F. The van der Waals surface area contributed by atoms with Gasteiger partial charge in [-0.3, -0.25) is 0 Å². The van der Waals surface area contributed by atoms with Gasteiger partial charge in [0.25, 0.3) is 0 Å². The third-order valence-electron chi connectivity index (χ3n) is 2.81. The molecular formula is C13H24F4. The van der Waals surface area contributed by atoms with Crippen molar-refractivity contribution in [3.05, 3.63) is 0 Å². The molecule has 0 aromatic heterocycles. The molecule has 0 saturated carbocycles. The Morgan fingerprint density at radius 3 is 1.41 bits per heavy atom. The van der Waals surface area contributed by atoms with Crippen LogP contribution < -0.4 is 0 Å². The molecular weight excluding hydrogens is 232 g/mol. The van der Waals surface area contributed by atoms with Crippen LogP contribution in [-0.2, 0) is 0 Å². The van der Waals surface area contributed by atoms with Crippen molar-refractivity contribution in [2.45, 2.75) is 78.1 Å². The second-order valence-corrected chi connectivity index (χ2v) is 6.07. The highest BCUT2D eigenvalue weighted by molar-refractivity contribution is 4.80. The number of unbranched alkanes of at least 4 members (excludes halogenated alkanes) is 3. The second kappa shape index (κ2) is 6.05. The van der Waals surface area contributed by atoms with Crippen LogP contribution in [0.4, 0.5) is 17.6 Å². The van der Waals surface area contributed by atoms with Crippen LogP contribution in [0.25, 0.3) is 0 Å². The van der Waals surface area contributed by atoms with Gasteiger partial charge in [0.15, 0.2) is 0 Å². The van der Waals surface area contributed by atoms with Crippen LogP contribution in [-0.4, -0.2) is 11.8 Å². The summed E-state index contributed by atoms with van der Waals surface area (Å²) in [4.78, 5) is 0. The molecule has 0 unspecified atom stereocenters. The molecule has 0 radical (unpaired) electrons. The first-order valence-electron chi connectivity index (χ1n) is 6.21. The molecule has 0 aromatic carbocycles. The molecule has 0 bridgehead atoms. The lowest BCUT2D eigenvalue weighted by Gasteiger charge is -2.23. The lowest BCUT2D eigenvalue weighted by Crippen LogP contribution is -2.37. The van der Waals surface area contributed by atoms with Gasteiger partial charge in [0, 0.05) is 13.3 Å². The molecule has 0 aliphatic rings. The quantitative estimate of drug-likeness (QED) is 0.407. The average Bonchev–Trinajstić information content (AvgIpc) is 2.07. The van der Waals surface area contributed by atoms with Crippen molar-refractivity contribution < 1.29 is 17.6 Å². The molecule has 0 heterocycles. The number of rotatable bonds is 7. The number of hydrogen-bond donors (Lipinski definition) is 0. The molecule has 0 atom stereocenters. The van der Waals surface area contributed by atoms with Crippen molar-refractivity contribution in [1.29, 1.82) is 0 Å². The van der Waals surface area contributed by atoms with E-state index in [1.54, 1.807) is 0 Å². The van der Waals surface area contributed by atoms with Gasteiger partial charge in [-0.25, -0.2) is 8.78 Å². The van der Waals surface area contributed by atoms with Gasteiger partial charge in [-0.15, -0.1) is 0 Å². The Morgan fingerprint density at radius 1 is 0.647 bits per heavy atom. The third-order valence-corrected chi connectivity index (χ3v) is 2.81. The molecule has 0 aliphatic carbocycles. The van der Waals surface area contributed by atoms with Crippen LogP contribution in [0, 0.1) is 5.41 Å². The first-order valence-corrected chi connectivity index (χ1v) is 6.21. The van der Waals surface area contributed by atoms with Crippen molar-refractivity contribution in [2.24, 2.45) is 5.41 Å². The zero-order valence-corrected chi connectivity index (χ0v) is 11.3. The van der Waals surface area contributed by atoms with Crippen LogP contribution in [0.2, 0.25) is 0 Å². The van der Waals surface area contributed by atoms with Gasteiger partial charge < -0.3 is 0 Å². The van der Waals surface area contributed by atoms with Crippen molar-refractivity contribution in [2.75, 3.05) is 0 Å². The first kappa shape index (κ1) is 16.7. The van der Waals surface area contributed by atoms with Crippen LogP contribution in [0.1, 0.15) is 66.2 Å². The summed E-state index contributed by atoms with van der Waals surface area (Å²) in [5.41, 5.74) is 0.250. The zero-order chi connectivity index (χ0) is 13.7. The van der Waals surface area contributed by atoms with Gasteiger partial charge in [-0.1, -0.05) is 40.0 Å². The summed E-state index contributed by atoms with van der Waals surface area (Å²) in [6.45, 7) is 6.66. The van der Waals surface area contributed by atoms with E-state index in [1.807, 2.05) is 0 Å². The third kappa shape index (κ3) is 7.61. The second-order valence-electron chi connectivity index (χ2n) is 6.07. The fourth-order valence-electron chi connectivity index (χ4n) is 1.58. The number of halogens is 4. The molecule has 0 aromatic rings. The van der Waals surface area contributed by atoms with Crippen LogP contribution in [0.3, 0.4) is 0 Å². The van der Waals surface area contributed by atoms with Gasteiger partial charge in [0.2, 0.25) is 0 Å². The first-order chi connectivity index (χ1) is 7.46. The van der Waals surface area contributed by atoms with E-state index < -0.39 is 18.3 Å². The van der Waals surface area contributed by atoms with Gasteiger partial charge in [-0.05, 0) is 18.3 Å². The monoisotopic (exact) mass is 256 g/mol. The average molecular weight is 256 g/mol. The summed E-state index contributed by atoms with van der Waals surface area (Å²) in [6.07, 6.45) is 2.89. The maximum Gasteiger partial charge on any atom is 0.309 e. The topological polar surface area (TPSA) is 0 Å². The summed E-state index contributed by atoms with van der Waals surface area (Å²) >= 11 is 0. The smallest absolute Gasteiger partial charge is 0.200 e. The van der Waals surface area contributed by atoms with Crippen molar-refractivity contribution >= 4 is 0 Å². The largest absolute Gasteiger partial charge is 0.309 e. The maximum atomic E-state index is 12.9. The summed E-state index contributed by atoms with van der Waals surface area (Å²) in [5, 5.41) is 0. The molecule has 17 heavy (non-hydrogen) atoms. The maximum absolute atomic E-state index is 12.9. The van der Waals surface area contributed by atoms with Gasteiger partial charge in [0.05, 0.1) is 0 Å². The standard InChI is InChI=1S/C13H24F4/c1-11(2,3)9-7-5-6-8-10-13(16,17)12(4,14)15/h5-10H2,1-4H3. The Kier molecular flexibility index (Phi) is 5.95. The summed E-state index contributed by atoms with van der Waals surface area (Å²) in [7, 11) is 0. The minimum absolute atomic E-state index is 0.167. The van der Waals surface area contributed by atoms with Crippen LogP contribution in [0.5, 0.6) is 0 Å². The molecule has 0 amide bonds. The molecule has 0 N–H and O–H groups in total. The fraction of sp³-hybridized carbons (Fsp3) is 1.00. The van der Waals surface area contributed by atoms with Crippen LogP contribution in [0.15, 0.2) is 0 Å². The molecule has 0 fully saturated rings. The van der Waals surface area contributed by atoms with Crippen LogP contribution >= 0.6 is 0 Å². The number of alkyl halides is 4. The van der Waals surface area contributed by atoms with E-state index in [-0.39, 0.29) is 18.8 Å². The predicted octanol–water partition coefficient (Wildman–Crippen LogP) is 5.66. The van der Waals surface area contributed by atoms with E-state index in [0.717, 1.165) is 19.3 Å². The Bertz CT molecular complexity index is 210. The lowest BCUT2D eigenvalue weighted by atomic mass is 9.89. The molecule has 0 aliphatic heterocycles. The van der Waals surface area contributed by atoms with E-state index >= 15 is 0 Å². The van der Waals surface area contributed by atoms with Crippen molar-refractivity contribution in [3.63, 3.8) is 0 Å². The van der Waals surface area contributed by atoms with E-state index in [2.05, 4.69) is 20.8 Å². The molecule has 0 nitrogen and oxygen atoms in total. The Balaban J connectivity index is 3.66. The van der Waals surface area contributed by atoms with Crippen molar-refractivity contribution in [1.82, 2.24) is 0 Å². The van der Waals surface area contributed by atoms with Gasteiger partial charge in [0.1, 0.15) is 0 Å². The Hall–Kier alpha value is -0.280. The highest BCUT2D eigenvalue weighted by Gasteiger charge is 2.51. The van der Waals surface area contributed by atoms with E-state index in [1.165, 1.54) is 0 Å². The zero-order valence-electron chi connectivity index (χ0n) is 11.3. The molecule has 0 rings (SSSR count). The fourth-order valence-corrected chi connectivity index (χ4v) is 1.58. The highest BCUT2D eigenvalue weighted by Crippen LogP contribution is 2.37. The number of hydrogen-bond acceptors (Lipinski definition) is 0. The summed E-state index contributed by atoms with van der Waals surface area (Å²) in [5.74, 6) is -7.77. The highest BCUT2D eigenvalue weighted by atomic mass is 19.3. The van der Waals surface area contributed by atoms with Gasteiger partial charge >= 0.3 is 11.8 Å². The molecule has 0 saturated heterocycles. The minimum atomic E-state index is -3.90. The minimum Gasteiger partial charge on any atom is -0.200 e. The van der Waals surface area contributed by atoms with E-state index in [0.29, 0.717) is 6.42 Å². The normalized spacial score (nSPS) is 14.1. The molecule has 4 heteroatoms. The molecule has 104 valence electrons. The van der Waals surface area contributed by atoms with Gasteiger partial charge in [-0.2, -0.15) is 8.78 Å². The Labute approximate surface area is 102 Å².